The Balaban J connectivity index is 1.26. The number of aliphatic hydroxyl groups excluding tert-OH is 1. The maximum Gasteiger partial charge on any atom is 0.253 e. The van der Waals surface area contributed by atoms with Crippen LogP contribution in [0.2, 0.25) is 0 Å². The van der Waals surface area contributed by atoms with Crippen molar-refractivity contribution in [2.75, 3.05) is 18.4 Å². The molecule has 2 N–H and O–H groups in total. The highest BCUT2D eigenvalue weighted by atomic mass is 16.3. The predicted octanol–water partition coefficient (Wildman–Crippen LogP) is 4.47. The van der Waals surface area contributed by atoms with Gasteiger partial charge in [-0.1, -0.05) is 0 Å². The molecule has 10 heteroatoms. The van der Waals surface area contributed by atoms with Gasteiger partial charge in [0, 0.05) is 60.2 Å². The van der Waals surface area contributed by atoms with Crippen molar-refractivity contribution in [1.82, 2.24) is 34.6 Å². The standard InChI is InChI=1S/C29H34N8O2/c1-18-15-21(16-19(2)32-18)28(39)36-13-9-20(10-14-36)26-25-17-31-29(33-22-7-11-30-12-8-22)34-27(25)37(35-26)23-3-5-24(38)6-4-23/h7-8,11-12,15-17,20,23-24,38H,3-6,9-10,13-14H2,1-2H3,(H,30,31,33,34). The lowest BCUT2D eigenvalue weighted by Crippen LogP contribution is -2.38. The second kappa shape index (κ2) is 10.7. The minimum Gasteiger partial charge on any atom is -0.393 e. The number of fused-ring (bicyclic) bond motifs is 1. The molecule has 1 aliphatic carbocycles. The molecule has 1 saturated carbocycles. The molecule has 2 aliphatic rings. The first-order chi connectivity index (χ1) is 18.9. The molecule has 0 aromatic carbocycles. The van der Waals surface area contributed by atoms with Crippen LogP contribution in [-0.4, -0.2) is 64.8 Å². The minimum absolute atomic E-state index is 0.0633. The third-order valence-corrected chi connectivity index (χ3v) is 7.92. The molecular formula is C29H34N8O2. The first-order valence-corrected chi connectivity index (χ1v) is 13.8. The third kappa shape index (κ3) is 5.34. The van der Waals surface area contributed by atoms with Gasteiger partial charge in [-0.15, -0.1) is 0 Å². The molecule has 5 heterocycles. The van der Waals surface area contributed by atoms with E-state index in [1.807, 2.05) is 49.2 Å². The molecule has 0 spiro atoms. The van der Waals surface area contributed by atoms with E-state index in [2.05, 4.69) is 25.0 Å². The fourth-order valence-corrected chi connectivity index (χ4v) is 5.93. The Labute approximate surface area is 227 Å². The molecule has 2 fully saturated rings. The lowest BCUT2D eigenvalue weighted by molar-refractivity contribution is 0.0711. The van der Waals surface area contributed by atoms with Gasteiger partial charge in [0.2, 0.25) is 5.95 Å². The Bertz CT molecular complexity index is 1450. The Morgan fingerprint density at radius 3 is 2.36 bits per heavy atom. The molecule has 0 bridgehead atoms. The maximum atomic E-state index is 13.2. The van der Waals surface area contributed by atoms with Crippen molar-refractivity contribution in [3.63, 3.8) is 0 Å². The van der Waals surface area contributed by atoms with Gasteiger partial charge in [0.1, 0.15) is 0 Å². The zero-order chi connectivity index (χ0) is 26.9. The van der Waals surface area contributed by atoms with E-state index in [-0.39, 0.29) is 24.0 Å². The Hall–Kier alpha value is -3.92. The van der Waals surface area contributed by atoms with Crippen molar-refractivity contribution in [2.45, 2.75) is 70.4 Å². The van der Waals surface area contributed by atoms with E-state index in [4.69, 9.17) is 10.1 Å². The number of nitrogens with one attached hydrogen (secondary N) is 1. The van der Waals surface area contributed by atoms with Crippen LogP contribution in [-0.2, 0) is 0 Å². The van der Waals surface area contributed by atoms with Gasteiger partial charge in [-0.2, -0.15) is 10.1 Å². The Morgan fingerprint density at radius 2 is 1.67 bits per heavy atom. The number of aromatic nitrogens is 6. The average Bonchev–Trinajstić information content (AvgIpc) is 3.32. The number of anilines is 2. The first kappa shape index (κ1) is 25.4. The number of likely N-dealkylation sites (tertiary alicyclic amines) is 1. The molecule has 6 rings (SSSR count). The lowest BCUT2D eigenvalue weighted by Gasteiger charge is -2.31. The third-order valence-electron chi connectivity index (χ3n) is 7.92. The normalized spacial score (nSPS) is 20.3. The van der Waals surface area contributed by atoms with Crippen LogP contribution in [0.1, 0.15) is 77.9 Å². The van der Waals surface area contributed by atoms with Crippen LogP contribution in [0.4, 0.5) is 11.6 Å². The highest BCUT2D eigenvalue weighted by Gasteiger charge is 2.31. The number of aryl methyl sites for hydroxylation is 2. The van der Waals surface area contributed by atoms with Gasteiger partial charge in [-0.05, 0) is 76.6 Å². The fourth-order valence-electron chi connectivity index (χ4n) is 5.93. The second-order valence-electron chi connectivity index (χ2n) is 10.8. The van der Waals surface area contributed by atoms with Crippen LogP contribution in [0.15, 0.2) is 42.9 Å². The van der Waals surface area contributed by atoms with Gasteiger partial charge in [-0.25, -0.2) is 9.67 Å². The smallest absolute Gasteiger partial charge is 0.253 e. The van der Waals surface area contributed by atoms with E-state index >= 15 is 0 Å². The van der Waals surface area contributed by atoms with Gasteiger partial charge in [-0.3, -0.25) is 14.8 Å². The zero-order valence-corrected chi connectivity index (χ0v) is 22.4. The number of carbonyl (C=O) groups excluding carboxylic acids is 1. The summed E-state index contributed by atoms with van der Waals surface area (Å²) < 4.78 is 2.07. The second-order valence-corrected chi connectivity index (χ2v) is 10.8. The number of amides is 1. The summed E-state index contributed by atoms with van der Waals surface area (Å²) in [5.41, 5.74) is 5.12. The van der Waals surface area contributed by atoms with Gasteiger partial charge in [0.25, 0.3) is 5.91 Å². The quantitative estimate of drug-likeness (QED) is 0.391. The summed E-state index contributed by atoms with van der Waals surface area (Å²) in [7, 11) is 0. The highest BCUT2D eigenvalue weighted by Crippen LogP contribution is 2.36. The first-order valence-electron chi connectivity index (χ1n) is 13.8. The van der Waals surface area contributed by atoms with Crippen molar-refractivity contribution >= 4 is 28.6 Å². The van der Waals surface area contributed by atoms with Gasteiger partial charge in [0.05, 0.1) is 23.2 Å². The molecular weight excluding hydrogens is 492 g/mol. The van der Waals surface area contributed by atoms with E-state index < -0.39 is 0 Å². The Kier molecular flexibility index (Phi) is 6.95. The maximum absolute atomic E-state index is 13.2. The number of piperidine rings is 1. The van der Waals surface area contributed by atoms with E-state index in [1.54, 1.807) is 12.4 Å². The molecule has 4 aromatic heterocycles. The van der Waals surface area contributed by atoms with E-state index in [1.165, 1.54) is 0 Å². The van der Waals surface area contributed by atoms with E-state index in [0.29, 0.717) is 24.6 Å². The fraction of sp³-hybridized carbons (Fsp3) is 0.448. The van der Waals surface area contributed by atoms with Crippen molar-refractivity contribution in [2.24, 2.45) is 0 Å². The van der Waals surface area contributed by atoms with Gasteiger partial charge in [0.15, 0.2) is 5.65 Å². The van der Waals surface area contributed by atoms with Crippen LogP contribution >= 0.6 is 0 Å². The van der Waals surface area contributed by atoms with Crippen molar-refractivity contribution in [3.05, 3.63) is 65.5 Å². The number of aliphatic hydroxyl groups is 1. The van der Waals surface area contributed by atoms with Gasteiger partial charge < -0.3 is 15.3 Å². The number of rotatable bonds is 5. The monoisotopic (exact) mass is 526 g/mol. The van der Waals surface area contributed by atoms with Crippen molar-refractivity contribution in [1.29, 1.82) is 0 Å². The van der Waals surface area contributed by atoms with Crippen LogP contribution in [0.5, 0.6) is 0 Å². The summed E-state index contributed by atoms with van der Waals surface area (Å²) in [6.07, 6.45) is 10.0. The molecule has 1 saturated heterocycles. The summed E-state index contributed by atoms with van der Waals surface area (Å²) in [5, 5.41) is 19.5. The summed E-state index contributed by atoms with van der Waals surface area (Å²) >= 11 is 0. The summed E-state index contributed by atoms with van der Waals surface area (Å²) in [4.78, 5) is 33.2. The molecule has 10 nitrogen and oxygen atoms in total. The molecule has 202 valence electrons. The minimum atomic E-state index is -0.240. The highest BCUT2D eigenvalue weighted by molar-refractivity contribution is 5.94. The molecule has 0 atom stereocenters. The zero-order valence-electron chi connectivity index (χ0n) is 22.4. The predicted molar refractivity (Wildman–Crippen MR) is 148 cm³/mol. The largest absolute Gasteiger partial charge is 0.393 e. The molecule has 0 unspecified atom stereocenters. The molecule has 39 heavy (non-hydrogen) atoms. The van der Waals surface area contributed by atoms with Crippen LogP contribution in [0.3, 0.4) is 0 Å². The number of hydrogen-bond acceptors (Lipinski definition) is 8. The van der Waals surface area contributed by atoms with Crippen LogP contribution < -0.4 is 5.32 Å². The van der Waals surface area contributed by atoms with Gasteiger partial charge >= 0.3 is 0 Å². The van der Waals surface area contributed by atoms with Crippen LogP contribution in [0, 0.1) is 13.8 Å². The summed E-state index contributed by atoms with van der Waals surface area (Å²) in [6.45, 7) is 5.20. The number of nitrogens with zero attached hydrogens (tertiary/aromatic N) is 7. The van der Waals surface area contributed by atoms with Crippen molar-refractivity contribution in [3.8, 4) is 0 Å². The number of pyridine rings is 2. The van der Waals surface area contributed by atoms with E-state index in [9.17, 15) is 9.90 Å². The topological polar surface area (TPSA) is 122 Å². The Morgan fingerprint density at radius 1 is 0.974 bits per heavy atom. The van der Waals surface area contributed by atoms with E-state index in [0.717, 1.165) is 72.3 Å². The average molecular weight is 527 g/mol. The van der Waals surface area contributed by atoms with Crippen molar-refractivity contribution < 1.29 is 9.90 Å². The number of hydrogen-bond donors (Lipinski definition) is 2. The molecule has 1 amide bonds. The molecule has 0 radical (unpaired) electrons. The molecule has 4 aromatic rings. The SMILES string of the molecule is Cc1cc(C(=O)N2CCC(c3nn(C4CCC(O)CC4)c4nc(Nc5ccncc5)ncc34)CC2)cc(C)n1. The summed E-state index contributed by atoms with van der Waals surface area (Å²) in [5.74, 6) is 0.796. The summed E-state index contributed by atoms with van der Waals surface area (Å²) in [6, 6.07) is 7.68. The van der Waals surface area contributed by atoms with Crippen LogP contribution in [0.25, 0.3) is 11.0 Å². The lowest BCUT2D eigenvalue weighted by atomic mass is 9.92. The molecule has 1 aliphatic heterocycles. The number of carbonyl (C=O) groups is 1.